The van der Waals surface area contributed by atoms with Gasteiger partial charge in [-0.15, -0.1) is 0 Å². The van der Waals surface area contributed by atoms with E-state index in [4.69, 9.17) is 109 Å². The Hall–Kier alpha value is -6.26. The maximum Gasteiger partial charge on any atom is 0.409 e. The molecule has 36 heteroatoms. The fourth-order valence-electron chi connectivity index (χ4n) is 13.7. The van der Waals surface area contributed by atoms with Gasteiger partial charge in [-0.3, -0.25) is 33.8 Å². The van der Waals surface area contributed by atoms with E-state index in [1.54, 1.807) is 69.3 Å². The molecular formula is C67H91Cl6N11O18S. The van der Waals surface area contributed by atoms with Crippen molar-refractivity contribution in [3.63, 3.8) is 0 Å². The number of benzene rings is 3. The lowest BCUT2D eigenvalue weighted by atomic mass is 9.99. The molecule has 7 atom stereocenters. The Morgan fingerprint density at radius 3 is 1.10 bits per heavy atom. The normalized spacial score (nSPS) is 21.4. The summed E-state index contributed by atoms with van der Waals surface area (Å²) in [4.78, 5) is 129. The van der Waals surface area contributed by atoms with Crippen LogP contribution in [0.4, 0.5) is 14.4 Å². The highest BCUT2D eigenvalue weighted by Crippen LogP contribution is 2.31. The molecule has 0 aliphatic carbocycles. The molecule has 3 aromatic rings. The molecule has 6 saturated heterocycles. The van der Waals surface area contributed by atoms with E-state index in [1.807, 2.05) is 0 Å². The maximum absolute atomic E-state index is 13.5. The van der Waals surface area contributed by atoms with Gasteiger partial charge < -0.3 is 73.9 Å². The van der Waals surface area contributed by atoms with E-state index < -0.39 is 95.5 Å². The highest BCUT2D eigenvalue weighted by atomic mass is 35.5. The van der Waals surface area contributed by atoms with Crippen LogP contribution in [-0.2, 0) is 81.7 Å². The number of ether oxygens (including phenoxy) is 5. The molecule has 0 saturated carbocycles. The number of methoxy groups -OCH3 is 3. The van der Waals surface area contributed by atoms with E-state index in [9.17, 15) is 51.6 Å². The molecule has 6 heterocycles. The van der Waals surface area contributed by atoms with Gasteiger partial charge in [0.25, 0.3) is 0 Å². The van der Waals surface area contributed by atoms with Crippen LogP contribution in [0.3, 0.4) is 0 Å². The molecule has 6 aliphatic rings. The van der Waals surface area contributed by atoms with Gasteiger partial charge in [0.05, 0.1) is 126 Å². The number of carbonyl (C=O) groups is 9. The number of esters is 1. The van der Waals surface area contributed by atoms with Crippen LogP contribution in [0.15, 0.2) is 54.6 Å². The Bertz CT molecular complexity index is 3560. The minimum absolute atomic E-state index is 0.0109. The van der Waals surface area contributed by atoms with Gasteiger partial charge in [-0.1, -0.05) is 87.8 Å². The van der Waals surface area contributed by atoms with Crippen molar-refractivity contribution in [3.8, 4) is 0 Å². The van der Waals surface area contributed by atoms with Gasteiger partial charge in [0.1, 0.15) is 19.3 Å². The zero-order valence-corrected chi connectivity index (χ0v) is 63.3. The van der Waals surface area contributed by atoms with E-state index in [2.05, 4.69) is 19.4 Å². The van der Waals surface area contributed by atoms with Gasteiger partial charge >= 0.3 is 36.2 Å². The predicted octanol–water partition coefficient (Wildman–Crippen LogP) is 5.83. The molecule has 6 amide bonds. The van der Waals surface area contributed by atoms with E-state index in [0.29, 0.717) is 68.4 Å². The summed E-state index contributed by atoms with van der Waals surface area (Å²) in [6, 6.07) is 10.7. The largest absolute Gasteiger partial charge is 0.481 e. The summed E-state index contributed by atoms with van der Waals surface area (Å²) in [6.07, 6.45) is 5.45. The number of amides is 6. The number of halogens is 6. The number of piperazine rings is 3. The van der Waals surface area contributed by atoms with Gasteiger partial charge in [0.2, 0.25) is 27.7 Å². The van der Waals surface area contributed by atoms with Gasteiger partial charge in [-0.2, -0.15) is 0 Å². The quantitative estimate of drug-likeness (QED) is 0.0605. The van der Waals surface area contributed by atoms with Crippen LogP contribution in [0.25, 0.3) is 0 Å². The van der Waals surface area contributed by atoms with E-state index >= 15 is 0 Å². The van der Waals surface area contributed by atoms with Crippen molar-refractivity contribution in [3.05, 3.63) is 101 Å². The summed E-state index contributed by atoms with van der Waals surface area (Å²) >= 11 is 36.4. The minimum atomic E-state index is -3.50. The molecule has 9 rings (SSSR count). The molecule has 0 spiro atoms. The minimum Gasteiger partial charge on any atom is -0.481 e. The number of carboxylic acid groups (broad SMARTS) is 2. The van der Waals surface area contributed by atoms with Gasteiger partial charge in [-0.05, 0) is 131 Å². The Kier molecular flexibility index (Phi) is 33.0. The van der Waals surface area contributed by atoms with Crippen molar-refractivity contribution >= 4 is 134 Å². The van der Waals surface area contributed by atoms with Crippen LogP contribution < -0.4 is 10.5 Å². The molecule has 6 aliphatic heterocycles. The van der Waals surface area contributed by atoms with Crippen LogP contribution in [0.5, 0.6) is 0 Å². The van der Waals surface area contributed by atoms with Crippen LogP contribution in [0.1, 0.15) is 61.6 Å². The number of carboxylic acids is 2. The number of carbonyl (C=O) groups excluding carboxylic acids is 7. The fourth-order valence-corrected chi connectivity index (χ4v) is 15.1. The monoisotopic (exact) mass is 1580 g/mol. The number of rotatable bonds is 24. The van der Waals surface area contributed by atoms with Crippen molar-refractivity contribution in [2.24, 2.45) is 5.73 Å². The maximum atomic E-state index is 13.5. The highest BCUT2D eigenvalue weighted by molar-refractivity contribution is 7.88. The molecule has 5 N–H and O–H groups in total. The SMILES string of the molecule is COC(=O)N1CCN(C(=O)Cc2ccc(Cl)c(Cl)c2)[C@H](CN2CCCC2)[C@@H]1CNS(C)(=O)=O.COC(=O)N1CCN(C(=O)Cc2ccc(Cl)c(Cl)c2)[C@H](CN2CCCC2)[C@@H]1COC(=O)[C@@H](N)CC(=O)O.COC(=O)N1CCN(C(=O)Cc2ccc(Cl)c(Cl)c2)[C@H](CN2CCCC2)[C@@H]1COCC(=O)O. The van der Waals surface area contributed by atoms with Crippen molar-refractivity contribution < 1.29 is 85.5 Å². The van der Waals surface area contributed by atoms with Gasteiger partial charge in [-0.25, -0.2) is 32.3 Å². The zero-order valence-electron chi connectivity index (χ0n) is 57.9. The van der Waals surface area contributed by atoms with Crippen LogP contribution in [0, 0.1) is 0 Å². The third-order valence-corrected chi connectivity index (χ3v) is 21.7. The first-order valence-corrected chi connectivity index (χ1v) is 37.9. The number of hydrogen-bond donors (Lipinski definition) is 4. The van der Waals surface area contributed by atoms with Crippen LogP contribution in [0.2, 0.25) is 30.1 Å². The average molecular weight is 1580 g/mol. The zero-order chi connectivity index (χ0) is 75.2. The molecule has 0 unspecified atom stereocenters. The average Bonchev–Trinajstić information content (AvgIpc) is 1.52. The lowest BCUT2D eigenvalue weighted by Gasteiger charge is -2.48. The molecule has 103 heavy (non-hydrogen) atoms. The molecule has 29 nitrogen and oxygen atoms in total. The van der Waals surface area contributed by atoms with E-state index in [-0.39, 0.29) is 89.0 Å². The summed E-state index contributed by atoms with van der Waals surface area (Å²) in [7, 11) is 0.350. The van der Waals surface area contributed by atoms with Crippen molar-refractivity contribution in [1.29, 1.82) is 0 Å². The Morgan fingerprint density at radius 1 is 0.466 bits per heavy atom. The highest BCUT2D eigenvalue weighted by Gasteiger charge is 2.46. The lowest BCUT2D eigenvalue weighted by Crippen LogP contribution is -2.67. The van der Waals surface area contributed by atoms with E-state index in [0.717, 1.165) is 95.2 Å². The first-order valence-electron chi connectivity index (χ1n) is 33.8. The molecule has 570 valence electrons. The molecule has 6 fully saturated rings. The third-order valence-electron chi connectivity index (χ3n) is 18.8. The number of nitrogens with two attached hydrogens (primary N) is 1. The number of aliphatic carboxylic acids is 2. The molecule has 0 aromatic heterocycles. The van der Waals surface area contributed by atoms with Crippen molar-refractivity contribution in [1.82, 2.24) is 48.8 Å². The number of likely N-dealkylation sites (tertiary alicyclic amines) is 3. The fraction of sp³-hybridized carbons (Fsp3) is 0.597. The second-order valence-electron chi connectivity index (χ2n) is 25.8. The van der Waals surface area contributed by atoms with Crippen LogP contribution in [-0.4, -0.2) is 311 Å². The molecule has 0 bridgehead atoms. The second-order valence-corrected chi connectivity index (χ2v) is 30.1. The first kappa shape index (κ1) is 84.0. The molecule has 0 radical (unpaired) electrons. The number of nitrogens with zero attached hydrogens (tertiary/aromatic N) is 9. The van der Waals surface area contributed by atoms with Gasteiger partial charge in [0, 0.05) is 65.4 Å². The Morgan fingerprint density at radius 2 is 0.786 bits per heavy atom. The predicted molar refractivity (Wildman–Crippen MR) is 385 cm³/mol. The number of nitrogens with one attached hydrogen (secondary N) is 1. The topological polar surface area (TPSA) is 342 Å². The molecular weight excluding hydrogens is 1490 g/mol. The molecule has 3 aromatic carbocycles. The standard InChI is InChI=1S/C24H32Cl2N4O7.C22H29Cl2N3O6.C21H30Cl2N4O5S/c1-36-24(35)30-9-8-29(21(31)11-15-4-5-16(25)17(26)10-15)19(13-28-6-2-3-7-28)20(30)14-37-23(34)18(27)12-22(32)33;1-32-22(31)27-9-8-26(20(28)11-15-4-5-16(23)17(24)10-15)18(12-25-6-2-3-7-25)19(27)13-33-14-21(29)30;1-32-21(29)27-10-9-26(20(28)12-15-5-6-16(22)17(23)11-15)19(14-25-7-3-4-8-25)18(27)13-24-33(2,30)31/h4-5,10,18-20H,2-3,6-9,11-14,27H2,1H3,(H,32,33);4-5,10,18-19H,2-3,6-9,11-14H2,1H3,(H,29,30);5-6,11,18-19,24H,3-4,7-10,12-14H2,1-2H3/t18-,19+,20-;2*18-,19+/m010/s1. The summed E-state index contributed by atoms with van der Waals surface area (Å²) < 4.78 is 51.8. The third kappa shape index (κ3) is 24.9. The van der Waals surface area contributed by atoms with Crippen molar-refractivity contribution in [2.45, 2.75) is 107 Å². The summed E-state index contributed by atoms with van der Waals surface area (Å²) in [5, 5.41) is 20.2. The summed E-state index contributed by atoms with van der Waals surface area (Å²) in [5.74, 6) is -3.63. The Labute approximate surface area is 629 Å². The lowest BCUT2D eigenvalue weighted by molar-refractivity contribution is -0.153. The summed E-state index contributed by atoms with van der Waals surface area (Å²) in [6.45, 7) is 7.67. The smallest absolute Gasteiger partial charge is 0.409 e. The van der Waals surface area contributed by atoms with Crippen molar-refractivity contribution in [2.75, 3.05) is 152 Å². The summed E-state index contributed by atoms with van der Waals surface area (Å²) in [5.41, 5.74) is 7.82. The van der Waals surface area contributed by atoms with E-state index in [1.165, 1.54) is 36.0 Å². The first-order chi connectivity index (χ1) is 49.0. The Balaban J connectivity index is 0.000000217. The number of sulfonamides is 1. The van der Waals surface area contributed by atoms with Crippen LogP contribution >= 0.6 is 69.6 Å². The second kappa shape index (κ2) is 40.5. The number of hydrogen-bond acceptors (Lipinski definition) is 20. The van der Waals surface area contributed by atoms with Gasteiger partial charge in [0.15, 0.2) is 0 Å².